The number of benzene rings is 2. The fourth-order valence-electron chi connectivity index (χ4n) is 3.02. The van der Waals surface area contributed by atoms with Gasteiger partial charge >= 0.3 is 0 Å². The zero-order valence-corrected chi connectivity index (χ0v) is 15.1. The number of nitrogen functional groups attached to an aromatic ring is 1. The van der Waals surface area contributed by atoms with Crippen LogP contribution in [0.25, 0.3) is 32.6 Å². The van der Waals surface area contributed by atoms with Crippen molar-refractivity contribution in [3.63, 3.8) is 0 Å². The molecule has 6 heteroatoms. The molecular weight excluding hydrogens is 354 g/mol. The maximum absolute atomic E-state index is 8.82. The van der Waals surface area contributed by atoms with Gasteiger partial charge in [0.05, 0.1) is 16.3 Å². The monoisotopic (exact) mass is 369 g/mol. The SMILES string of the molecule is N#CN=C(N)c1sc2nc(-c3ccccc3)cc(-c3ccccc3)c2c1N. The van der Waals surface area contributed by atoms with Gasteiger partial charge in [-0.15, -0.1) is 11.3 Å². The minimum Gasteiger partial charge on any atom is -0.397 e. The molecule has 130 valence electrons. The number of thiophene rings is 1. The van der Waals surface area contributed by atoms with Gasteiger partial charge in [0, 0.05) is 10.9 Å². The fraction of sp³-hybridized carbons (Fsp3) is 0. The minimum absolute atomic E-state index is 0.110. The lowest BCUT2D eigenvalue weighted by molar-refractivity contribution is 1.42. The van der Waals surface area contributed by atoms with Crippen molar-refractivity contribution >= 4 is 33.1 Å². The van der Waals surface area contributed by atoms with Crippen molar-refractivity contribution in [1.29, 1.82) is 5.26 Å². The molecule has 0 atom stereocenters. The Balaban J connectivity index is 2.05. The number of rotatable bonds is 3. The molecular formula is C21H15N5S. The third-order valence-electron chi connectivity index (χ3n) is 4.26. The lowest BCUT2D eigenvalue weighted by atomic mass is 9.99. The number of aliphatic imine (C=N–C) groups is 1. The standard InChI is InChI=1S/C21H15N5S/c22-12-25-20(24)19-18(23)17-15(13-7-3-1-4-8-13)11-16(26-21(17)27-19)14-9-5-2-6-10-14/h1-11H,23H2,(H2,24,25). The molecule has 4 rings (SSSR count). The van der Waals surface area contributed by atoms with E-state index < -0.39 is 0 Å². The number of nitrogens with two attached hydrogens (primary N) is 2. The summed E-state index contributed by atoms with van der Waals surface area (Å²) < 4.78 is 0. The van der Waals surface area contributed by atoms with Crippen molar-refractivity contribution in [3.8, 4) is 28.6 Å². The largest absolute Gasteiger partial charge is 0.397 e. The predicted octanol–water partition coefficient (Wildman–Crippen LogP) is 4.40. The van der Waals surface area contributed by atoms with E-state index in [4.69, 9.17) is 21.7 Å². The van der Waals surface area contributed by atoms with Crippen LogP contribution in [0.2, 0.25) is 0 Å². The summed E-state index contributed by atoms with van der Waals surface area (Å²) >= 11 is 1.35. The Hall–Kier alpha value is -3.69. The topological polar surface area (TPSA) is 101 Å². The number of aromatic nitrogens is 1. The maximum atomic E-state index is 8.82. The summed E-state index contributed by atoms with van der Waals surface area (Å²) in [4.78, 5) is 9.77. The fourth-order valence-corrected chi connectivity index (χ4v) is 4.04. The highest BCUT2D eigenvalue weighted by atomic mass is 32.1. The van der Waals surface area contributed by atoms with Crippen LogP contribution in [0, 0.1) is 11.5 Å². The second kappa shape index (κ2) is 6.90. The average Bonchev–Trinajstić information content (AvgIpc) is 3.05. The van der Waals surface area contributed by atoms with E-state index in [2.05, 4.69) is 4.99 Å². The molecule has 0 fully saturated rings. The van der Waals surface area contributed by atoms with E-state index in [1.165, 1.54) is 11.3 Å². The van der Waals surface area contributed by atoms with Crippen molar-refractivity contribution in [2.75, 3.05) is 5.73 Å². The van der Waals surface area contributed by atoms with Crippen LogP contribution in [0.15, 0.2) is 71.7 Å². The zero-order chi connectivity index (χ0) is 18.8. The number of amidine groups is 1. The smallest absolute Gasteiger partial charge is 0.207 e. The van der Waals surface area contributed by atoms with Gasteiger partial charge in [-0.05, 0) is 17.2 Å². The van der Waals surface area contributed by atoms with E-state index in [1.807, 2.05) is 66.7 Å². The number of hydrogen-bond acceptors (Lipinski definition) is 5. The number of anilines is 1. The van der Waals surface area contributed by atoms with Gasteiger partial charge in [-0.2, -0.15) is 10.3 Å². The molecule has 0 saturated carbocycles. The molecule has 0 saturated heterocycles. The highest BCUT2D eigenvalue weighted by molar-refractivity contribution is 7.21. The molecule has 0 amide bonds. The summed E-state index contributed by atoms with van der Waals surface area (Å²) in [5.74, 6) is 0.110. The van der Waals surface area contributed by atoms with Crippen molar-refractivity contribution < 1.29 is 0 Å². The van der Waals surface area contributed by atoms with Gasteiger partial charge < -0.3 is 11.5 Å². The van der Waals surface area contributed by atoms with Crippen molar-refractivity contribution in [3.05, 3.63) is 71.6 Å². The Morgan fingerprint density at radius 3 is 2.26 bits per heavy atom. The van der Waals surface area contributed by atoms with Gasteiger partial charge in [0.2, 0.25) is 6.19 Å². The molecule has 0 radical (unpaired) electrons. The Morgan fingerprint density at radius 2 is 1.63 bits per heavy atom. The summed E-state index contributed by atoms with van der Waals surface area (Å²) in [6.07, 6.45) is 1.71. The lowest BCUT2D eigenvalue weighted by Gasteiger charge is -2.09. The molecule has 2 heterocycles. The number of nitrogens with zero attached hydrogens (tertiary/aromatic N) is 3. The van der Waals surface area contributed by atoms with Crippen LogP contribution in [0.4, 0.5) is 5.69 Å². The van der Waals surface area contributed by atoms with E-state index in [9.17, 15) is 0 Å². The molecule has 0 aliphatic heterocycles. The molecule has 4 N–H and O–H groups in total. The molecule has 5 nitrogen and oxygen atoms in total. The Kier molecular flexibility index (Phi) is 4.29. The van der Waals surface area contributed by atoms with Gasteiger partial charge in [-0.1, -0.05) is 60.7 Å². The second-order valence-electron chi connectivity index (χ2n) is 5.91. The minimum atomic E-state index is 0.110. The number of fused-ring (bicyclic) bond motifs is 1. The molecule has 0 bridgehead atoms. The van der Waals surface area contributed by atoms with Crippen LogP contribution in [0.5, 0.6) is 0 Å². The van der Waals surface area contributed by atoms with Crippen LogP contribution in [-0.4, -0.2) is 10.8 Å². The first kappa shape index (κ1) is 16.8. The molecule has 4 aromatic rings. The van der Waals surface area contributed by atoms with Crippen LogP contribution in [-0.2, 0) is 0 Å². The molecule has 2 aromatic heterocycles. The third-order valence-corrected chi connectivity index (χ3v) is 5.38. The summed E-state index contributed by atoms with van der Waals surface area (Å²) in [6, 6.07) is 22.0. The Labute approximate surface area is 160 Å². The Bertz CT molecular complexity index is 1190. The summed E-state index contributed by atoms with van der Waals surface area (Å²) in [6.45, 7) is 0. The summed E-state index contributed by atoms with van der Waals surface area (Å²) in [7, 11) is 0. The first-order valence-corrected chi connectivity index (χ1v) is 9.07. The van der Waals surface area contributed by atoms with Gasteiger partial charge in [0.15, 0.2) is 5.84 Å². The van der Waals surface area contributed by atoms with Crippen molar-refractivity contribution in [2.45, 2.75) is 0 Å². The van der Waals surface area contributed by atoms with Gasteiger partial charge in [0.25, 0.3) is 0 Å². The molecule has 2 aromatic carbocycles. The van der Waals surface area contributed by atoms with E-state index in [0.717, 1.165) is 32.6 Å². The third kappa shape index (κ3) is 3.01. The Morgan fingerprint density at radius 1 is 1.00 bits per heavy atom. The highest BCUT2D eigenvalue weighted by Crippen LogP contribution is 2.41. The average molecular weight is 369 g/mol. The van der Waals surface area contributed by atoms with Crippen LogP contribution < -0.4 is 11.5 Å². The molecule has 0 aliphatic rings. The normalized spacial score (nSPS) is 11.4. The van der Waals surface area contributed by atoms with Crippen LogP contribution in [0.1, 0.15) is 4.88 Å². The maximum Gasteiger partial charge on any atom is 0.207 e. The number of pyridine rings is 1. The van der Waals surface area contributed by atoms with Crippen molar-refractivity contribution in [2.24, 2.45) is 10.7 Å². The quantitative estimate of drug-likeness (QED) is 0.317. The first-order valence-electron chi connectivity index (χ1n) is 8.25. The van der Waals surface area contributed by atoms with Gasteiger partial charge in [-0.25, -0.2) is 4.98 Å². The van der Waals surface area contributed by atoms with E-state index in [-0.39, 0.29) is 5.84 Å². The number of nitriles is 1. The molecule has 27 heavy (non-hydrogen) atoms. The highest BCUT2D eigenvalue weighted by Gasteiger charge is 2.19. The van der Waals surface area contributed by atoms with Gasteiger partial charge in [0.1, 0.15) is 4.83 Å². The van der Waals surface area contributed by atoms with E-state index >= 15 is 0 Å². The number of hydrogen-bond donors (Lipinski definition) is 2. The van der Waals surface area contributed by atoms with E-state index in [1.54, 1.807) is 6.19 Å². The zero-order valence-electron chi connectivity index (χ0n) is 14.3. The predicted molar refractivity (Wildman–Crippen MR) is 111 cm³/mol. The van der Waals surface area contributed by atoms with Gasteiger partial charge in [-0.3, -0.25) is 0 Å². The summed E-state index contributed by atoms with van der Waals surface area (Å²) in [5.41, 5.74) is 16.7. The summed E-state index contributed by atoms with van der Waals surface area (Å²) in [5, 5.41) is 9.65. The van der Waals surface area contributed by atoms with E-state index in [0.29, 0.717) is 10.6 Å². The molecule has 0 spiro atoms. The van der Waals surface area contributed by atoms with Crippen LogP contribution in [0.3, 0.4) is 0 Å². The lowest BCUT2D eigenvalue weighted by Crippen LogP contribution is -2.12. The van der Waals surface area contributed by atoms with Crippen molar-refractivity contribution in [1.82, 2.24) is 4.98 Å². The molecule has 0 unspecified atom stereocenters. The van der Waals surface area contributed by atoms with Crippen LogP contribution >= 0.6 is 11.3 Å². The second-order valence-corrected chi connectivity index (χ2v) is 6.91. The first-order chi connectivity index (χ1) is 13.2. The molecule has 0 aliphatic carbocycles.